The lowest BCUT2D eigenvalue weighted by molar-refractivity contribution is 0.179. The van der Waals surface area contributed by atoms with Crippen molar-refractivity contribution in [3.8, 4) is 11.3 Å². The molecule has 1 unspecified atom stereocenters. The summed E-state index contributed by atoms with van der Waals surface area (Å²) in [5.74, 6) is 0.903. The lowest BCUT2D eigenvalue weighted by atomic mass is 10.2. The van der Waals surface area contributed by atoms with Crippen molar-refractivity contribution in [2.45, 2.75) is 13.0 Å². The average molecular weight is 257 g/mol. The number of piperazine rings is 1. The number of hydrogen-bond donors (Lipinski definition) is 2. The first-order chi connectivity index (χ1) is 9.34. The first kappa shape index (κ1) is 12.3. The molecule has 2 N–H and O–H groups in total. The number of hydrogen-bond acceptors (Lipinski definition) is 4. The summed E-state index contributed by atoms with van der Waals surface area (Å²) in [4.78, 5) is 14.6. The average Bonchev–Trinajstić information content (AvgIpc) is 3.02. The van der Waals surface area contributed by atoms with E-state index in [9.17, 15) is 0 Å². The number of rotatable bonds is 3. The van der Waals surface area contributed by atoms with E-state index in [2.05, 4.69) is 27.1 Å². The molecule has 5 heteroatoms. The van der Waals surface area contributed by atoms with Gasteiger partial charge < -0.3 is 10.3 Å². The molecule has 2 aromatic heterocycles. The molecule has 0 aliphatic carbocycles. The van der Waals surface area contributed by atoms with Gasteiger partial charge in [-0.05, 0) is 19.1 Å². The molecule has 5 nitrogen and oxygen atoms in total. The molecule has 0 spiro atoms. The van der Waals surface area contributed by atoms with E-state index >= 15 is 0 Å². The van der Waals surface area contributed by atoms with Crippen molar-refractivity contribution < 1.29 is 0 Å². The van der Waals surface area contributed by atoms with E-state index in [-0.39, 0.29) is 6.04 Å². The molecule has 1 saturated heterocycles. The van der Waals surface area contributed by atoms with Crippen LogP contribution in [-0.4, -0.2) is 46.0 Å². The number of aromatic nitrogens is 3. The lowest BCUT2D eigenvalue weighted by Crippen LogP contribution is -2.44. The van der Waals surface area contributed by atoms with E-state index in [1.807, 2.05) is 30.7 Å². The van der Waals surface area contributed by atoms with Crippen LogP contribution < -0.4 is 5.32 Å². The van der Waals surface area contributed by atoms with Crippen LogP contribution in [-0.2, 0) is 0 Å². The SMILES string of the molecule is CC(c1nccc(-c2cc[nH]c2)n1)N1CCNCC1. The van der Waals surface area contributed by atoms with E-state index in [1.165, 1.54) is 0 Å². The Balaban J connectivity index is 1.82. The fourth-order valence-electron chi connectivity index (χ4n) is 2.45. The minimum Gasteiger partial charge on any atom is -0.367 e. The van der Waals surface area contributed by atoms with Crippen LogP contribution >= 0.6 is 0 Å². The van der Waals surface area contributed by atoms with Crippen LogP contribution in [0, 0.1) is 0 Å². The van der Waals surface area contributed by atoms with E-state index in [0.717, 1.165) is 43.3 Å². The minimum atomic E-state index is 0.265. The van der Waals surface area contributed by atoms with Crippen LogP contribution in [0.25, 0.3) is 11.3 Å². The molecule has 0 aromatic carbocycles. The Hall–Kier alpha value is -1.72. The van der Waals surface area contributed by atoms with Crippen LogP contribution in [0.1, 0.15) is 18.8 Å². The maximum Gasteiger partial charge on any atom is 0.145 e. The Bertz CT molecular complexity index is 516. The molecule has 3 heterocycles. The predicted molar refractivity (Wildman–Crippen MR) is 74.7 cm³/mol. The standard InChI is InChI=1S/C14H19N5/c1-11(19-8-6-15-7-9-19)14-17-5-3-13(18-14)12-2-4-16-10-12/h2-5,10-11,15-16H,6-9H2,1H3. The van der Waals surface area contributed by atoms with Gasteiger partial charge in [-0.15, -0.1) is 0 Å². The third-order valence-corrected chi connectivity index (χ3v) is 3.64. The Kier molecular flexibility index (Phi) is 3.57. The summed E-state index contributed by atoms with van der Waals surface area (Å²) in [5, 5.41) is 3.37. The highest BCUT2D eigenvalue weighted by molar-refractivity contribution is 5.57. The highest BCUT2D eigenvalue weighted by atomic mass is 15.2. The summed E-state index contributed by atoms with van der Waals surface area (Å²) in [6.07, 6.45) is 5.72. The summed E-state index contributed by atoms with van der Waals surface area (Å²) >= 11 is 0. The van der Waals surface area contributed by atoms with Crippen molar-refractivity contribution in [2.24, 2.45) is 0 Å². The third-order valence-electron chi connectivity index (χ3n) is 3.64. The van der Waals surface area contributed by atoms with Crippen molar-refractivity contribution in [1.82, 2.24) is 25.2 Å². The predicted octanol–water partition coefficient (Wildman–Crippen LogP) is 1.44. The van der Waals surface area contributed by atoms with Gasteiger partial charge in [-0.3, -0.25) is 4.90 Å². The largest absolute Gasteiger partial charge is 0.367 e. The van der Waals surface area contributed by atoms with Crippen LogP contribution in [0.15, 0.2) is 30.7 Å². The second-order valence-corrected chi connectivity index (χ2v) is 4.86. The second-order valence-electron chi connectivity index (χ2n) is 4.86. The molecule has 0 bridgehead atoms. The van der Waals surface area contributed by atoms with E-state index in [0.29, 0.717) is 0 Å². The molecule has 1 atom stereocenters. The number of aromatic amines is 1. The highest BCUT2D eigenvalue weighted by Gasteiger charge is 2.20. The molecule has 2 aromatic rings. The maximum atomic E-state index is 4.70. The van der Waals surface area contributed by atoms with Gasteiger partial charge in [-0.25, -0.2) is 9.97 Å². The molecule has 1 aliphatic heterocycles. The van der Waals surface area contributed by atoms with Crippen molar-refractivity contribution >= 4 is 0 Å². The van der Waals surface area contributed by atoms with Gasteiger partial charge >= 0.3 is 0 Å². The first-order valence-corrected chi connectivity index (χ1v) is 6.75. The van der Waals surface area contributed by atoms with Gasteiger partial charge in [0, 0.05) is 50.3 Å². The molecule has 3 rings (SSSR count). The molecular weight excluding hydrogens is 238 g/mol. The second kappa shape index (κ2) is 5.50. The van der Waals surface area contributed by atoms with E-state index in [4.69, 9.17) is 4.98 Å². The monoisotopic (exact) mass is 257 g/mol. The number of nitrogens with one attached hydrogen (secondary N) is 2. The van der Waals surface area contributed by atoms with Crippen molar-refractivity contribution in [3.63, 3.8) is 0 Å². The van der Waals surface area contributed by atoms with Crippen molar-refractivity contribution in [3.05, 3.63) is 36.5 Å². The maximum absolute atomic E-state index is 4.70. The fraction of sp³-hybridized carbons (Fsp3) is 0.429. The zero-order valence-electron chi connectivity index (χ0n) is 11.1. The zero-order chi connectivity index (χ0) is 13.1. The van der Waals surface area contributed by atoms with E-state index in [1.54, 1.807) is 0 Å². The number of H-pyrrole nitrogens is 1. The van der Waals surface area contributed by atoms with Gasteiger partial charge in [0.15, 0.2) is 0 Å². The molecule has 0 amide bonds. The van der Waals surface area contributed by atoms with Gasteiger partial charge in [0.1, 0.15) is 5.82 Å². The highest BCUT2D eigenvalue weighted by Crippen LogP contribution is 2.20. The van der Waals surface area contributed by atoms with Gasteiger partial charge in [0.25, 0.3) is 0 Å². The Morgan fingerprint density at radius 1 is 1.26 bits per heavy atom. The molecular formula is C14H19N5. The van der Waals surface area contributed by atoms with Gasteiger partial charge in [0.2, 0.25) is 0 Å². The molecule has 1 aliphatic rings. The summed E-state index contributed by atoms with van der Waals surface area (Å²) in [7, 11) is 0. The fourth-order valence-corrected chi connectivity index (χ4v) is 2.45. The van der Waals surface area contributed by atoms with Crippen LogP contribution in [0.4, 0.5) is 0 Å². The van der Waals surface area contributed by atoms with Crippen LogP contribution in [0.5, 0.6) is 0 Å². The van der Waals surface area contributed by atoms with Crippen molar-refractivity contribution in [1.29, 1.82) is 0 Å². The Morgan fingerprint density at radius 3 is 2.84 bits per heavy atom. The van der Waals surface area contributed by atoms with Crippen LogP contribution in [0.2, 0.25) is 0 Å². The Labute approximate surface area is 113 Å². The summed E-state index contributed by atoms with van der Waals surface area (Å²) in [5.41, 5.74) is 2.09. The molecule has 19 heavy (non-hydrogen) atoms. The minimum absolute atomic E-state index is 0.265. The smallest absolute Gasteiger partial charge is 0.145 e. The number of nitrogens with zero attached hydrogens (tertiary/aromatic N) is 3. The van der Waals surface area contributed by atoms with E-state index < -0.39 is 0 Å². The van der Waals surface area contributed by atoms with Crippen molar-refractivity contribution in [2.75, 3.05) is 26.2 Å². The first-order valence-electron chi connectivity index (χ1n) is 6.75. The molecule has 100 valence electrons. The zero-order valence-corrected chi connectivity index (χ0v) is 11.1. The molecule has 0 saturated carbocycles. The van der Waals surface area contributed by atoms with Gasteiger partial charge in [0.05, 0.1) is 11.7 Å². The summed E-state index contributed by atoms with van der Waals surface area (Å²) in [6.45, 7) is 6.38. The van der Waals surface area contributed by atoms with Crippen LogP contribution in [0.3, 0.4) is 0 Å². The topological polar surface area (TPSA) is 56.8 Å². The van der Waals surface area contributed by atoms with Gasteiger partial charge in [-0.1, -0.05) is 0 Å². The molecule has 1 fully saturated rings. The normalized spacial score (nSPS) is 18.4. The lowest BCUT2D eigenvalue weighted by Gasteiger charge is -2.31. The third kappa shape index (κ3) is 2.67. The molecule has 0 radical (unpaired) electrons. The summed E-state index contributed by atoms with van der Waals surface area (Å²) in [6, 6.07) is 4.25. The quantitative estimate of drug-likeness (QED) is 0.873. The summed E-state index contributed by atoms with van der Waals surface area (Å²) < 4.78 is 0. The Morgan fingerprint density at radius 2 is 2.11 bits per heavy atom. The van der Waals surface area contributed by atoms with Gasteiger partial charge in [-0.2, -0.15) is 0 Å².